The maximum absolute atomic E-state index is 13.2. The normalized spacial score (nSPS) is 17.9. The lowest BCUT2D eigenvalue weighted by Gasteiger charge is -2.21. The smallest absolute Gasteiger partial charge is 0.147 e. The van der Waals surface area contributed by atoms with E-state index in [2.05, 4.69) is 0 Å². The van der Waals surface area contributed by atoms with Gasteiger partial charge in [0.05, 0.1) is 5.69 Å². The van der Waals surface area contributed by atoms with Crippen LogP contribution >= 0.6 is 11.8 Å². The minimum absolute atomic E-state index is 0.296. The predicted molar refractivity (Wildman–Crippen MR) is 63.5 cm³/mol. The van der Waals surface area contributed by atoms with E-state index < -0.39 is 0 Å². The second-order valence-electron chi connectivity index (χ2n) is 4.03. The lowest BCUT2D eigenvalue weighted by atomic mass is 10.0. The van der Waals surface area contributed by atoms with E-state index in [-0.39, 0.29) is 5.82 Å². The molecule has 0 heterocycles. The van der Waals surface area contributed by atoms with E-state index in [1.807, 2.05) is 6.07 Å². The fraction of sp³-hybridized carbons (Fsp3) is 0.500. The van der Waals surface area contributed by atoms with Crippen LogP contribution in [0, 0.1) is 5.82 Å². The van der Waals surface area contributed by atoms with Crippen LogP contribution in [-0.4, -0.2) is 5.25 Å². The Morgan fingerprint density at radius 3 is 2.67 bits per heavy atom. The second kappa shape index (κ2) is 4.88. The molecule has 1 aliphatic carbocycles. The Morgan fingerprint density at radius 2 is 1.93 bits per heavy atom. The standard InChI is InChI=1S/C12H16FNS/c13-10-7-4-8-11(12(10)14)15-9-5-2-1-3-6-9/h4,7-9H,1-3,5-6,14H2. The first-order valence-corrected chi connectivity index (χ1v) is 6.36. The molecule has 0 atom stereocenters. The summed E-state index contributed by atoms with van der Waals surface area (Å²) in [6.07, 6.45) is 6.41. The first-order valence-electron chi connectivity index (χ1n) is 5.48. The molecule has 0 unspecified atom stereocenters. The Labute approximate surface area is 94.2 Å². The molecule has 2 rings (SSSR count). The molecule has 15 heavy (non-hydrogen) atoms. The number of anilines is 1. The fourth-order valence-corrected chi connectivity index (χ4v) is 3.29. The summed E-state index contributed by atoms with van der Waals surface area (Å²) >= 11 is 1.74. The molecule has 0 spiro atoms. The van der Waals surface area contributed by atoms with Crippen molar-refractivity contribution in [3.63, 3.8) is 0 Å². The minimum atomic E-state index is -0.296. The highest BCUT2D eigenvalue weighted by Crippen LogP contribution is 2.36. The topological polar surface area (TPSA) is 26.0 Å². The molecule has 0 saturated heterocycles. The maximum Gasteiger partial charge on any atom is 0.147 e. The van der Waals surface area contributed by atoms with E-state index in [4.69, 9.17) is 5.73 Å². The molecule has 1 saturated carbocycles. The van der Waals surface area contributed by atoms with Gasteiger partial charge in [-0.25, -0.2) is 4.39 Å². The van der Waals surface area contributed by atoms with Gasteiger partial charge in [0.2, 0.25) is 0 Å². The van der Waals surface area contributed by atoms with Crippen LogP contribution in [0.4, 0.5) is 10.1 Å². The van der Waals surface area contributed by atoms with Crippen LogP contribution in [0.1, 0.15) is 32.1 Å². The zero-order chi connectivity index (χ0) is 10.7. The molecule has 1 aliphatic rings. The van der Waals surface area contributed by atoms with Crippen molar-refractivity contribution in [3.8, 4) is 0 Å². The number of hydrogen-bond donors (Lipinski definition) is 1. The Hall–Kier alpha value is -0.700. The third kappa shape index (κ3) is 2.65. The highest BCUT2D eigenvalue weighted by atomic mass is 32.2. The highest BCUT2D eigenvalue weighted by molar-refractivity contribution is 8.00. The van der Waals surface area contributed by atoms with Crippen LogP contribution < -0.4 is 5.73 Å². The van der Waals surface area contributed by atoms with Crippen LogP contribution in [0.3, 0.4) is 0 Å². The molecule has 1 fully saturated rings. The van der Waals surface area contributed by atoms with Crippen molar-refractivity contribution in [1.82, 2.24) is 0 Å². The zero-order valence-corrected chi connectivity index (χ0v) is 9.52. The molecule has 1 nitrogen and oxygen atoms in total. The van der Waals surface area contributed by atoms with Crippen molar-refractivity contribution in [3.05, 3.63) is 24.0 Å². The lowest BCUT2D eigenvalue weighted by molar-refractivity contribution is 0.516. The van der Waals surface area contributed by atoms with Gasteiger partial charge in [-0.1, -0.05) is 25.3 Å². The van der Waals surface area contributed by atoms with E-state index in [0.717, 1.165) is 4.90 Å². The van der Waals surface area contributed by atoms with E-state index in [9.17, 15) is 4.39 Å². The molecule has 0 amide bonds. The summed E-state index contributed by atoms with van der Waals surface area (Å²) in [5, 5.41) is 0.628. The predicted octanol–water partition coefficient (Wildman–Crippen LogP) is 3.83. The largest absolute Gasteiger partial charge is 0.395 e. The van der Waals surface area contributed by atoms with Gasteiger partial charge in [0, 0.05) is 10.1 Å². The number of thioether (sulfide) groups is 1. The van der Waals surface area contributed by atoms with Crippen LogP contribution in [0.5, 0.6) is 0 Å². The Bertz CT molecular complexity index is 334. The van der Waals surface area contributed by atoms with Crippen LogP contribution in [0.2, 0.25) is 0 Å². The first kappa shape index (κ1) is 10.8. The van der Waals surface area contributed by atoms with Crippen molar-refractivity contribution < 1.29 is 4.39 Å². The number of nitrogen functional groups attached to an aromatic ring is 1. The monoisotopic (exact) mass is 225 g/mol. The Morgan fingerprint density at radius 1 is 1.20 bits per heavy atom. The average Bonchev–Trinajstić information content (AvgIpc) is 2.26. The molecular weight excluding hydrogens is 209 g/mol. The third-order valence-corrected chi connectivity index (χ3v) is 4.27. The van der Waals surface area contributed by atoms with Gasteiger partial charge in [0.15, 0.2) is 0 Å². The van der Waals surface area contributed by atoms with Crippen molar-refractivity contribution in [1.29, 1.82) is 0 Å². The third-order valence-electron chi connectivity index (χ3n) is 2.86. The SMILES string of the molecule is Nc1c(F)cccc1SC1CCCCC1. The van der Waals surface area contributed by atoms with Crippen molar-refractivity contribution >= 4 is 17.4 Å². The van der Waals surface area contributed by atoms with Crippen LogP contribution in [0.15, 0.2) is 23.1 Å². The lowest BCUT2D eigenvalue weighted by Crippen LogP contribution is -2.08. The summed E-state index contributed by atoms with van der Waals surface area (Å²) in [6.45, 7) is 0. The molecule has 2 N–H and O–H groups in total. The fourth-order valence-electron chi connectivity index (χ4n) is 1.98. The number of rotatable bonds is 2. The first-order chi connectivity index (χ1) is 7.27. The van der Waals surface area contributed by atoms with Crippen LogP contribution in [-0.2, 0) is 0 Å². The van der Waals surface area contributed by atoms with Crippen molar-refractivity contribution in [2.24, 2.45) is 0 Å². The second-order valence-corrected chi connectivity index (χ2v) is 5.37. The number of para-hydroxylation sites is 1. The van der Waals surface area contributed by atoms with E-state index in [0.29, 0.717) is 10.9 Å². The molecule has 0 radical (unpaired) electrons. The van der Waals surface area contributed by atoms with Gasteiger partial charge in [-0.15, -0.1) is 11.8 Å². The molecule has 82 valence electrons. The Kier molecular flexibility index (Phi) is 3.52. The highest BCUT2D eigenvalue weighted by Gasteiger charge is 2.16. The Balaban J connectivity index is 2.06. The van der Waals surface area contributed by atoms with Gasteiger partial charge in [-0.05, 0) is 25.0 Å². The maximum atomic E-state index is 13.2. The summed E-state index contributed by atoms with van der Waals surface area (Å²) in [5.41, 5.74) is 6.02. The minimum Gasteiger partial charge on any atom is -0.395 e. The van der Waals surface area contributed by atoms with Gasteiger partial charge in [0.1, 0.15) is 5.82 Å². The molecule has 0 bridgehead atoms. The van der Waals surface area contributed by atoms with Gasteiger partial charge in [0.25, 0.3) is 0 Å². The van der Waals surface area contributed by atoms with E-state index in [1.54, 1.807) is 17.8 Å². The molecular formula is C12H16FNS. The van der Waals surface area contributed by atoms with Gasteiger partial charge in [-0.2, -0.15) is 0 Å². The molecule has 3 heteroatoms. The summed E-state index contributed by atoms with van der Waals surface area (Å²) < 4.78 is 13.2. The average molecular weight is 225 g/mol. The summed E-state index contributed by atoms with van der Waals surface area (Å²) in [7, 11) is 0. The summed E-state index contributed by atoms with van der Waals surface area (Å²) in [6, 6.07) is 5.06. The molecule has 0 aliphatic heterocycles. The van der Waals surface area contributed by atoms with E-state index >= 15 is 0 Å². The number of nitrogens with two attached hydrogens (primary N) is 1. The van der Waals surface area contributed by atoms with Gasteiger partial charge in [-0.3, -0.25) is 0 Å². The quantitative estimate of drug-likeness (QED) is 0.774. The molecule has 0 aromatic heterocycles. The van der Waals surface area contributed by atoms with Crippen LogP contribution in [0.25, 0.3) is 0 Å². The zero-order valence-electron chi connectivity index (χ0n) is 8.71. The number of halogens is 1. The van der Waals surface area contributed by atoms with Crippen molar-refractivity contribution in [2.75, 3.05) is 5.73 Å². The molecule has 1 aromatic rings. The summed E-state index contributed by atoms with van der Waals surface area (Å²) in [5.74, 6) is -0.296. The summed E-state index contributed by atoms with van der Waals surface area (Å²) in [4.78, 5) is 0.905. The van der Waals surface area contributed by atoms with Gasteiger partial charge < -0.3 is 5.73 Å². The van der Waals surface area contributed by atoms with Crippen molar-refractivity contribution in [2.45, 2.75) is 42.2 Å². The van der Waals surface area contributed by atoms with Gasteiger partial charge >= 0.3 is 0 Å². The van der Waals surface area contributed by atoms with E-state index in [1.165, 1.54) is 38.2 Å². The molecule has 1 aromatic carbocycles. The number of hydrogen-bond acceptors (Lipinski definition) is 2. The number of benzene rings is 1.